The first-order valence-electron chi connectivity index (χ1n) is 9.10. The molecule has 0 spiro atoms. The van der Waals surface area contributed by atoms with Crippen molar-refractivity contribution in [3.63, 3.8) is 0 Å². The van der Waals surface area contributed by atoms with E-state index in [2.05, 4.69) is 11.4 Å². The van der Waals surface area contributed by atoms with Crippen molar-refractivity contribution in [3.05, 3.63) is 29.8 Å². The number of nitrogens with one attached hydrogen (secondary N) is 1. The van der Waals surface area contributed by atoms with Gasteiger partial charge in [0.25, 0.3) is 0 Å². The molecule has 1 aromatic rings. The minimum atomic E-state index is -0.750. The van der Waals surface area contributed by atoms with E-state index in [1.54, 1.807) is 7.11 Å². The van der Waals surface area contributed by atoms with Crippen LogP contribution >= 0.6 is 0 Å². The Bertz CT molecular complexity index is 539. The topological polar surface area (TPSA) is 88.0 Å². The molecule has 1 saturated carbocycles. The Morgan fingerprint density at radius 2 is 1.77 bits per heavy atom. The summed E-state index contributed by atoms with van der Waals surface area (Å²) < 4.78 is 10.9. The first-order valence-corrected chi connectivity index (χ1v) is 9.10. The molecule has 0 amide bonds. The third kappa shape index (κ3) is 8.21. The Kier molecular flexibility index (Phi) is 9.69. The molecular weight excluding hydrogens is 333 g/mol. The quantitative estimate of drug-likeness (QED) is 0.546. The molecule has 0 atom stereocenters. The number of rotatable bonds is 5. The first-order chi connectivity index (χ1) is 12.3. The summed E-state index contributed by atoms with van der Waals surface area (Å²) in [6.07, 6.45) is 3.83. The van der Waals surface area contributed by atoms with Crippen molar-refractivity contribution in [3.8, 4) is 5.75 Å². The molecule has 26 heavy (non-hydrogen) atoms. The third-order valence-corrected chi connectivity index (χ3v) is 4.24. The van der Waals surface area contributed by atoms with E-state index in [9.17, 15) is 4.79 Å². The van der Waals surface area contributed by atoms with Crippen molar-refractivity contribution in [2.75, 3.05) is 7.11 Å². The summed E-state index contributed by atoms with van der Waals surface area (Å²) in [5.41, 5.74) is 0.778. The maximum Gasteiger partial charge on any atom is 0.432 e. The number of para-hydroxylation sites is 1. The minimum absolute atomic E-state index is 0.0410. The van der Waals surface area contributed by atoms with Gasteiger partial charge in [0, 0.05) is 18.2 Å². The van der Waals surface area contributed by atoms with Crippen molar-refractivity contribution < 1.29 is 24.3 Å². The van der Waals surface area contributed by atoms with Crippen LogP contribution in [0.3, 0.4) is 0 Å². The zero-order valence-corrected chi connectivity index (χ0v) is 16.3. The summed E-state index contributed by atoms with van der Waals surface area (Å²) in [7, 11) is 0.949. The molecule has 1 aromatic carbocycles. The van der Waals surface area contributed by atoms with Crippen LogP contribution in [0.1, 0.15) is 52.0 Å². The zero-order chi connectivity index (χ0) is 19.6. The molecule has 1 aliphatic carbocycles. The summed E-state index contributed by atoms with van der Waals surface area (Å²) in [5.74, 6) is 0.932. The fraction of sp³-hybridized carbons (Fsp3) is 0.632. The van der Waals surface area contributed by atoms with E-state index in [1.807, 2.05) is 39.0 Å². The van der Waals surface area contributed by atoms with Crippen molar-refractivity contribution in [2.24, 2.45) is 5.92 Å². The Morgan fingerprint density at radius 3 is 2.31 bits per heavy atom. The normalized spacial score (nSPS) is 19.8. The van der Waals surface area contributed by atoms with E-state index in [0.717, 1.165) is 38.0 Å². The van der Waals surface area contributed by atoms with E-state index in [0.29, 0.717) is 6.04 Å². The summed E-state index contributed by atoms with van der Waals surface area (Å²) in [6.45, 7) is 6.56. The summed E-state index contributed by atoms with van der Waals surface area (Å²) in [5, 5.41) is 17.8. The van der Waals surface area contributed by atoms with Gasteiger partial charge in [0.2, 0.25) is 0 Å². The largest absolute Gasteiger partial charge is 0.496 e. The Hall–Kier alpha value is -1.57. The van der Waals surface area contributed by atoms with Gasteiger partial charge in [0.15, 0.2) is 0 Å². The van der Waals surface area contributed by atoms with Gasteiger partial charge < -0.3 is 24.8 Å². The third-order valence-electron chi connectivity index (χ3n) is 4.24. The number of ether oxygens (including phenoxy) is 2. The average Bonchev–Trinajstić information content (AvgIpc) is 2.60. The van der Waals surface area contributed by atoms with Crippen LogP contribution in [0.25, 0.3) is 0 Å². The van der Waals surface area contributed by atoms with E-state index in [1.165, 1.54) is 5.56 Å². The lowest BCUT2D eigenvalue weighted by molar-refractivity contribution is -0.161. The predicted octanol–water partition coefficient (Wildman–Crippen LogP) is 1.92. The molecular formula is C19H32BNO5. The van der Waals surface area contributed by atoms with Gasteiger partial charge in [-0.3, -0.25) is 4.79 Å². The lowest BCUT2D eigenvalue weighted by Crippen LogP contribution is -2.36. The number of hydrogen-bond donors (Lipinski definition) is 3. The molecule has 0 aliphatic heterocycles. The van der Waals surface area contributed by atoms with Crippen LogP contribution in [0.4, 0.5) is 0 Å². The number of hydrogen-bond acceptors (Lipinski definition) is 6. The number of esters is 1. The molecule has 0 unspecified atom stereocenters. The van der Waals surface area contributed by atoms with Gasteiger partial charge in [-0.25, -0.2) is 0 Å². The molecule has 0 aromatic heterocycles. The average molecular weight is 365 g/mol. The SMILES string of the molecule is COc1ccccc1CNC1CCC(C(=O)OC(C)(C)C)CC1.OBO. The van der Waals surface area contributed by atoms with E-state index in [-0.39, 0.29) is 11.9 Å². The highest BCUT2D eigenvalue weighted by Crippen LogP contribution is 2.27. The van der Waals surface area contributed by atoms with Crippen LogP contribution in [0.5, 0.6) is 5.75 Å². The molecule has 0 heterocycles. The first kappa shape index (κ1) is 22.5. The van der Waals surface area contributed by atoms with Crippen LogP contribution < -0.4 is 10.1 Å². The fourth-order valence-electron chi connectivity index (χ4n) is 3.02. The highest BCUT2D eigenvalue weighted by atomic mass is 16.6. The molecule has 1 fully saturated rings. The van der Waals surface area contributed by atoms with Crippen LogP contribution in [0.2, 0.25) is 0 Å². The van der Waals surface area contributed by atoms with Gasteiger partial charge in [-0.1, -0.05) is 18.2 Å². The van der Waals surface area contributed by atoms with Crippen molar-refractivity contribution in [2.45, 2.75) is 64.6 Å². The second kappa shape index (κ2) is 11.2. The fourth-order valence-corrected chi connectivity index (χ4v) is 3.02. The number of carbonyl (C=O) groups is 1. The van der Waals surface area contributed by atoms with Crippen molar-refractivity contribution in [1.82, 2.24) is 5.32 Å². The Morgan fingerprint density at radius 1 is 1.19 bits per heavy atom. The maximum absolute atomic E-state index is 12.1. The van der Waals surface area contributed by atoms with Crippen molar-refractivity contribution in [1.29, 1.82) is 0 Å². The van der Waals surface area contributed by atoms with Crippen LogP contribution in [0.15, 0.2) is 24.3 Å². The lowest BCUT2D eigenvalue weighted by atomic mass is 9.86. The van der Waals surface area contributed by atoms with Crippen molar-refractivity contribution >= 4 is 13.7 Å². The van der Waals surface area contributed by atoms with Gasteiger partial charge in [-0.2, -0.15) is 0 Å². The molecule has 7 heteroatoms. The van der Waals surface area contributed by atoms with Gasteiger partial charge in [0.05, 0.1) is 13.0 Å². The Balaban J connectivity index is 0.00000105. The van der Waals surface area contributed by atoms with E-state index >= 15 is 0 Å². The molecule has 0 radical (unpaired) electrons. The highest BCUT2D eigenvalue weighted by Gasteiger charge is 2.29. The summed E-state index contributed by atoms with van der Waals surface area (Å²) in [4.78, 5) is 12.1. The standard InChI is InChI=1S/C19H29NO3.BH3O2/c1-19(2,3)23-18(21)14-9-11-16(12-10-14)20-13-15-7-5-6-8-17(15)22-4;2-1-3/h5-8,14,16,20H,9-13H2,1-4H3;1-3H. The molecule has 3 N–H and O–H groups in total. The molecule has 0 saturated heterocycles. The van der Waals surface area contributed by atoms with Crippen LogP contribution in [-0.2, 0) is 16.1 Å². The smallest absolute Gasteiger partial charge is 0.432 e. The summed E-state index contributed by atoms with van der Waals surface area (Å²) in [6, 6.07) is 8.53. The number of benzene rings is 1. The Labute approximate surface area is 157 Å². The monoisotopic (exact) mass is 365 g/mol. The van der Waals surface area contributed by atoms with Crippen LogP contribution in [0, 0.1) is 5.92 Å². The van der Waals surface area contributed by atoms with Gasteiger partial charge in [-0.05, 0) is 52.5 Å². The second-order valence-electron chi connectivity index (χ2n) is 7.42. The number of carbonyl (C=O) groups excluding carboxylic acids is 1. The predicted molar refractivity (Wildman–Crippen MR) is 103 cm³/mol. The molecule has 6 nitrogen and oxygen atoms in total. The number of methoxy groups -OCH3 is 1. The molecule has 0 bridgehead atoms. The van der Waals surface area contributed by atoms with Crippen LogP contribution in [-0.4, -0.2) is 42.5 Å². The van der Waals surface area contributed by atoms with Gasteiger partial charge >= 0.3 is 13.7 Å². The van der Waals surface area contributed by atoms with E-state index < -0.39 is 13.3 Å². The molecule has 1 aliphatic rings. The summed E-state index contributed by atoms with van der Waals surface area (Å²) >= 11 is 0. The van der Waals surface area contributed by atoms with Gasteiger partial charge in [-0.15, -0.1) is 0 Å². The molecule has 2 rings (SSSR count). The second-order valence-corrected chi connectivity index (χ2v) is 7.42. The van der Waals surface area contributed by atoms with Gasteiger partial charge in [0.1, 0.15) is 11.4 Å². The molecule has 146 valence electrons. The maximum atomic E-state index is 12.1. The lowest BCUT2D eigenvalue weighted by Gasteiger charge is -2.30. The highest BCUT2D eigenvalue weighted by molar-refractivity contribution is 6.13. The zero-order valence-electron chi connectivity index (χ0n) is 16.3. The minimum Gasteiger partial charge on any atom is -0.496 e. The van der Waals surface area contributed by atoms with E-state index in [4.69, 9.17) is 19.5 Å².